The normalized spacial score (nSPS) is 10.6. The van der Waals surface area contributed by atoms with Gasteiger partial charge in [-0.05, 0) is 67.6 Å². The zero-order valence-corrected chi connectivity index (χ0v) is 17.6. The Labute approximate surface area is 177 Å². The molecule has 3 aromatic rings. The molecule has 0 fully saturated rings. The largest absolute Gasteiger partial charge is 0.494 e. The highest BCUT2D eigenvalue weighted by Gasteiger charge is 2.11. The molecule has 5 nitrogen and oxygen atoms in total. The van der Waals surface area contributed by atoms with E-state index in [1.807, 2.05) is 61.5 Å². The van der Waals surface area contributed by atoms with Crippen molar-refractivity contribution in [2.24, 2.45) is 0 Å². The third kappa shape index (κ3) is 5.60. The van der Waals surface area contributed by atoms with E-state index in [-0.39, 0.29) is 6.42 Å². The van der Waals surface area contributed by atoms with Gasteiger partial charge in [-0.2, -0.15) is 0 Å². The Kier molecular flexibility index (Phi) is 7.07. The molecule has 5 heteroatoms. The molecule has 0 saturated carbocycles. The monoisotopic (exact) mass is 405 g/mol. The van der Waals surface area contributed by atoms with Crippen LogP contribution < -0.4 is 9.47 Å². The first kappa shape index (κ1) is 21.4. The molecular formula is C25H27NO4. The number of ether oxygens (including phenoxy) is 2. The van der Waals surface area contributed by atoms with Gasteiger partial charge in [0.25, 0.3) is 0 Å². The van der Waals surface area contributed by atoms with Crippen molar-refractivity contribution in [1.82, 2.24) is 4.98 Å². The molecule has 0 bridgehead atoms. The molecule has 0 atom stereocenters. The number of carboxylic acid groups (broad SMARTS) is 1. The minimum atomic E-state index is -0.786. The quantitative estimate of drug-likeness (QED) is 0.519. The van der Waals surface area contributed by atoms with Crippen LogP contribution in [0.2, 0.25) is 0 Å². The van der Waals surface area contributed by atoms with Crippen LogP contribution in [0.3, 0.4) is 0 Å². The maximum Gasteiger partial charge on any atom is 0.303 e. The van der Waals surface area contributed by atoms with Crippen LogP contribution in [0.4, 0.5) is 0 Å². The molecule has 1 N–H and O–H groups in total. The van der Waals surface area contributed by atoms with Crippen molar-refractivity contribution in [1.29, 1.82) is 0 Å². The smallest absolute Gasteiger partial charge is 0.303 e. The zero-order chi connectivity index (χ0) is 21.5. The third-order valence-corrected chi connectivity index (χ3v) is 4.83. The van der Waals surface area contributed by atoms with Crippen LogP contribution in [-0.4, -0.2) is 22.7 Å². The second kappa shape index (κ2) is 9.92. The molecule has 0 unspecified atom stereocenters. The van der Waals surface area contributed by atoms with Crippen LogP contribution in [0.15, 0.2) is 54.6 Å². The van der Waals surface area contributed by atoms with E-state index in [0.717, 1.165) is 39.3 Å². The highest BCUT2D eigenvalue weighted by molar-refractivity contribution is 5.69. The molecular weight excluding hydrogens is 378 g/mol. The molecule has 0 radical (unpaired) electrons. The van der Waals surface area contributed by atoms with Crippen LogP contribution in [0.5, 0.6) is 11.6 Å². The third-order valence-electron chi connectivity index (χ3n) is 4.83. The maximum absolute atomic E-state index is 10.7. The Hall–Kier alpha value is -3.34. The van der Waals surface area contributed by atoms with E-state index in [0.29, 0.717) is 25.5 Å². The number of benzene rings is 2. The summed E-state index contributed by atoms with van der Waals surface area (Å²) in [6, 6.07) is 17.7. The van der Waals surface area contributed by atoms with Gasteiger partial charge >= 0.3 is 5.97 Å². The molecule has 1 heterocycles. The van der Waals surface area contributed by atoms with Crippen LogP contribution >= 0.6 is 0 Å². The molecule has 30 heavy (non-hydrogen) atoms. The summed E-state index contributed by atoms with van der Waals surface area (Å²) in [4.78, 5) is 15.4. The van der Waals surface area contributed by atoms with Crippen molar-refractivity contribution in [2.75, 3.05) is 6.61 Å². The van der Waals surface area contributed by atoms with Crippen molar-refractivity contribution in [2.45, 2.75) is 40.2 Å². The predicted octanol–water partition coefficient (Wildman–Crippen LogP) is 5.36. The Morgan fingerprint density at radius 2 is 1.63 bits per heavy atom. The maximum atomic E-state index is 10.7. The second-order valence-corrected chi connectivity index (χ2v) is 7.23. The lowest BCUT2D eigenvalue weighted by Crippen LogP contribution is -2.00. The van der Waals surface area contributed by atoms with Crippen molar-refractivity contribution in [3.63, 3.8) is 0 Å². The Bertz CT molecular complexity index is 989. The summed E-state index contributed by atoms with van der Waals surface area (Å²) in [5.74, 6) is 0.650. The number of carbonyl (C=O) groups is 1. The number of carboxylic acids is 1. The second-order valence-electron chi connectivity index (χ2n) is 7.23. The summed E-state index contributed by atoms with van der Waals surface area (Å²) in [5, 5.41) is 8.78. The van der Waals surface area contributed by atoms with E-state index >= 15 is 0 Å². The van der Waals surface area contributed by atoms with Gasteiger partial charge in [-0.25, -0.2) is 4.98 Å². The van der Waals surface area contributed by atoms with Crippen molar-refractivity contribution < 1.29 is 19.4 Å². The van der Waals surface area contributed by atoms with E-state index in [4.69, 9.17) is 19.6 Å². The number of hydrogen-bond acceptors (Lipinski definition) is 4. The number of aryl methyl sites for hydroxylation is 3. The van der Waals surface area contributed by atoms with E-state index in [1.165, 1.54) is 0 Å². The van der Waals surface area contributed by atoms with Gasteiger partial charge in [-0.15, -0.1) is 0 Å². The van der Waals surface area contributed by atoms with Crippen LogP contribution in [0.25, 0.3) is 11.3 Å². The van der Waals surface area contributed by atoms with Crippen molar-refractivity contribution in [3.8, 4) is 22.9 Å². The molecule has 1 aromatic heterocycles. The van der Waals surface area contributed by atoms with Crippen molar-refractivity contribution >= 4 is 5.97 Å². The molecule has 2 aromatic carbocycles. The summed E-state index contributed by atoms with van der Waals surface area (Å²) in [6.45, 7) is 7.14. The SMILES string of the molecule is CCOc1cc(C)c(-c2cccc(OCc3ccc(CCC(=O)O)cc3)n2)c(C)c1. The number of pyridine rings is 1. The topological polar surface area (TPSA) is 68.7 Å². The molecule has 0 amide bonds. The van der Waals surface area contributed by atoms with Crippen LogP contribution in [0, 0.1) is 13.8 Å². The predicted molar refractivity (Wildman–Crippen MR) is 117 cm³/mol. The zero-order valence-electron chi connectivity index (χ0n) is 17.6. The lowest BCUT2D eigenvalue weighted by Gasteiger charge is -2.14. The first-order valence-electron chi connectivity index (χ1n) is 10.1. The fourth-order valence-corrected chi connectivity index (χ4v) is 3.42. The van der Waals surface area contributed by atoms with E-state index in [2.05, 4.69) is 13.8 Å². The van der Waals surface area contributed by atoms with Gasteiger partial charge in [0.1, 0.15) is 12.4 Å². The molecule has 0 saturated heterocycles. The number of nitrogens with zero attached hydrogens (tertiary/aromatic N) is 1. The van der Waals surface area contributed by atoms with Crippen molar-refractivity contribution in [3.05, 3.63) is 76.9 Å². The summed E-state index contributed by atoms with van der Waals surface area (Å²) in [6.07, 6.45) is 0.664. The minimum Gasteiger partial charge on any atom is -0.494 e. The number of aromatic nitrogens is 1. The standard InChI is InChI=1S/C25H27NO4/c1-4-29-21-14-17(2)25(18(3)15-21)22-6-5-7-23(26-22)30-16-20-10-8-19(9-11-20)12-13-24(27)28/h5-11,14-15H,4,12-13,16H2,1-3H3,(H,27,28). The van der Waals surface area contributed by atoms with Gasteiger partial charge in [-0.3, -0.25) is 4.79 Å². The molecule has 156 valence electrons. The van der Waals surface area contributed by atoms with Crippen LogP contribution in [0.1, 0.15) is 35.6 Å². The Morgan fingerprint density at radius 1 is 0.967 bits per heavy atom. The summed E-state index contributed by atoms with van der Waals surface area (Å²) < 4.78 is 11.5. The average molecular weight is 405 g/mol. The van der Waals surface area contributed by atoms with E-state index in [1.54, 1.807) is 0 Å². The summed E-state index contributed by atoms with van der Waals surface area (Å²) >= 11 is 0. The fraction of sp³-hybridized carbons (Fsp3) is 0.280. The fourth-order valence-electron chi connectivity index (χ4n) is 3.42. The Morgan fingerprint density at radius 3 is 2.27 bits per heavy atom. The number of hydrogen-bond donors (Lipinski definition) is 1. The van der Waals surface area contributed by atoms with Crippen LogP contribution in [-0.2, 0) is 17.8 Å². The lowest BCUT2D eigenvalue weighted by molar-refractivity contribution is -0.136. The van der Waals surface area contributed by atoms with Gasteiger partial charge in [0.2, 0.25) is 5.88 Å². The first-order chi connectivity index (χ1) is 14.5. The number of aliphatic carboxylic acids is 1. The van der Waals surface area contributed by atoms with Gasteiger partial charge in [0.15, 0.2) is 0 Å². The first-order valence-corrected chi connectivity index (χ1v) is 10.1. The highest BCUT2D eigenvalue weighted by atomic mass is 16.5. The average Bonchev–Trinajstić information content (AvgIpc) is 2.71. The highest BCUT2D eigenvalue weighted by Crippen LogP contribution is 2.31. The lowest BCUT2D eigenvalue weighted by atomic mass is 9.99. The van der Waals surface area contributed by atoms with Gasteiger partial charge < -0.3 is 14.6 Å². The van der Waals surface area contributed by atoms with E-state index < -0.39 is 5.97 Å². The molecule has 0 spiro atoms. The van der Waals surface area contributed by atoms with Gasteiger partial charge in [-0.1, -0.05) is 30.3 Å². The summed E-state index contributed by atoms with van der Waals surface area (Å²) in [7, 11) is 0. The molecule has 0 aliphatic carbocycles. The molecule has 3 rings (SSSR count). The van der Waals surface area contributed by atoms with Gasteiger partial charge in [0, 0.05) is 18.1 Å². The molecule has 0 aliphatic rings. The Balaban J connectivity index is 1.70. The number of rotatable bonds is 9. The van der Waals surface area contributed by atoms with E-state index in [9.17, 15) is 4.79 Å². The van der Waals surface area contributed by atoms with Gasteiger partial charge in [0.05, 0.1) is 12.3 Å². The summed E-state index contributed by atoms with van der Waals surface area (Å²) in [5.41, 5.74) is 6.19. The molecule has 0 aliphatic heterocycles. The minimum absolute atomic E-state index is 0.136.